The lowest BCUT2D eigenvalue weighted by Crippen LogP contribution is -2.27. The molecule has 0 bridgehead atoms. The molecule has 0 saturated carbocycles. The van der Waals surface area contributed by atoms with Crippen LogP contribution in [0.4, 0.5) is 5.82 Å². The van der Waals surface area contributed by atoms with Gasteiger partial charge >= 0.3 is 0 Å². The number of nitrogens with zero attached hydrogens (tertiary/aromatic N) is 3. The van der Waals surface area contributed by atoms with Crippen molar-refractivity contribution in [3.8, 4) is 12.1 Å². The molecule has 0 aliphatic carbocycles. The maximum absolute atomic E-state index is 12.2. The fourth-order valence-corrected chi connectivity index (χ4v) is 3.91. The van der Waals surface area contributed by atoms with Crippen molar-refractivity contribution in [3.63, 3.8) is 0 Å². The lowest BCUT2D eigenvalue weighted by Gasteiger charge is -2.22. The van der Waals surface area contributed by atoms with Crippen LogP contribution < -0.4 is 11.1 Å². The number of nitriles is 2. The second-order valence-electron chi connectivity index (χ2n) is 8.22. The molecule has 1 amide bonds. The first-order valence-electron chi connectivity index (χ1n) is 9.67. The van der Waals surface area contributed by atoms with Crippen molar-refractivity contribution in [1.29, 1.82) is 10.5 Å². The van der Waals surface area contributed by atoms with Crippen molar-refractivity contribution in [2.45, 2.75) is 51.5 Å². The zero-order valence-electron chi connectivity index (χ0n) is 18.1. The normalized spacial score (nSPS) is 10.9. The number of nitrogens with two attached hydrogens (primary N) is 1. The van der Waals surface area contributed by atoms with Crippen LogP contribution in [-0.2, 0) is 16.6 Å². The molecule has 0 aliphatic heterocycles. The first kappa shape index (κ1) is 23.3. The van der Waals surface area contributed by atoms with Crippen molar-refractivity contribution >= 4 is 23.5 Å². The molecule has 1 aromatic heterocycles. The van der Waals surface area contributed by atoms with Crippen molar-refractivity contribution in [2.75, 3.05) is 18.0 Å². The Morgan fingerprint density at radius 1 is 1.13 bits per heavy atom. The Labute approximate surface area is 182 Å². The predicted octanol–water partition coefficient (Wildman–Crippen LogP) is 3.77. The quantitative estimate of drug-likeness (QED) is 0.686. The van der Waals surface area contributed by atoms with Gasteiger partial charge in [-0.1, -0.05) is 44.7 Å². The molecule has 0 spiro atoms. The van der Waals surface area contributed by atoms with Gasteiger partial charge in [-0.25, -0.2) is 4.98 Å². The molecule has 0 unspecified atom stereocenters. The summed E-state index contributed by atoms with van der Waals surface area (Å²) in [5.74, 6) is 0.0350. The molecule has 0 radical (unpaired) electrons. The Bertz CT molecular complexity index is 1020. The average Bonchev–Trinajstić information content (AvgIpc) is 2.67. The van der Waals surface area contributed by atoms with Crippen LogP contribution in [0.2, 0.25) is 0 Å². The summed E-state index contributed by atoms with van der Waals surface area (Å²) >= 11 is 1.14. The third-order valence-corrected chi connectivity index (χ3v) is 5.85. The predicted molar refractivity (Wildman–Crippen MR) is 120 cm³/mol. The maximum atomic E-state index is 12.2. The van der Waals surface area contributed by atoms with Gasteiger partial charge in [0.25, 0.3) is 0 Å². The zero-order valence-corrected chi connectivity index (χ0v) is 18.9. The van der Waals surface area contributed by atoms with Crippen molar-refractivity contribution in [2.24, 2.45) is 0 Å². The third-order valence-electron chi connectivity index (χ3n) is 4.86. The molecular weight excluding hydrogens is 394 g/mol. The Morgan fingerprint density at radius 2 is 1.73 bits per heavy atom. The van der Waals surface area contributed by atoms with Gasteiger partial charge in [-0.2, -0.15) is 10.5 Å². The van der Waals surface area contributed by atoms with E-state index in [2.05, 4.69) is 57.1 Å². The summed E-state index contributed by atoms with van der Waals surface area (Å²) in [5, 5.41) is 21.5. The molecule has 2 rings (SSSR count). The number of hydrogen-bond acceptors (Lipinski definition) is 6. The molecule has 30 heavy (non-hydrogen) atoms. The summed E-state index contributed by atoms with van der Waals surface area (Å²) in [6.07, 6.45) is 0.754. The molecule has 0 atom stereocenters. The van der Waals surface area contributed by atoms with E-state index >= 15 is 0 Å². The number of carbonyl (C=O) groups excluding carboxylic acids is 1. The summed E-state index contributed by atoms with van der Waals surface area (Å²) in [4.78, 5) is 16.3. The smallest absolute Gasteiger partial charge is 0.230 e. The van der Waals surface area contributed by atoms with Crippen molar-refractivity contribution < 1.29 is 4.79 Å². The number of rotatable bonds is 6. The van der Waals surface area contributed by atoms with Gasteiger partial charge in [0, 0.05) is 6.54 Å². The van der Waals surface area contributed by atoms with E-state index in [9.17, 15) is 10.1 Å². The van der Waals surface area contributed by atoms with Crippen LogP contribution in [0, 0.1) is 36.5 Å². The topological polar surface area (TPSA) is 116 Å². The van der Waals surface area contributed by atoms with E-state index in [0.29, 0.717) is 11.6 Å². The summed E-state index contributed by atoms with van der Waals surface area (Å²) < 4.78 is 0. The standard InChI is InChI=1S/C23H27N5OS/c1-14-8-18(23(3,4)5)9-15(2)19(14)6-7-27-20(29)13-30-22-17(12-25)10-16(11-24)21(26)28-22/h8-10H,6-7,13H2,1-5H3,(H2,26,28)(H,27,29). The number of aryl methyl sites for hydroxylation is 2. The molecule has 2 aromatic rings. The van der Waals surface area contributed by atoms with Crippen molar-refractivity contribution in [1.82, 2.24) is 10.3 Å². The van der Waals surface area contributed by atoms with Crippen LogP contribution in [0.1, 0.15) is 54.2 Å². The minimum Gasteiger partial charge on any atom is -0.383 e. The van der Waals surface area contributed by atoms with Crippen LogP contribution in [-0.4, -0.2) is 23.2 Å². The minimum atomic E-state index is -0.143. The van der Waals surface area contributed by atoms with Crippen molar-refractivity contribution in [3.05, 3.63) is 51.6 Å². The lowest BCUT2D eigenvalue weighted by atomic mass is 9.83. The van der Waals surface area contributed by atoms with Gasteiger partial charge in [0.05, 0.1) is 16.9 Å². The zero-order chi connectivity index (χ0) is 22.5. The SMILES string of the molecule is Cc1cc(C(C)(C)C)cc(C)c1CCNC(=O)CSc1nc(N)c(C#N)cc1C#N. The molecule has 0 fully saturated rings. The molecule has 6 nitrogen and oxygen atoms in total. The number of thioether (sulfide) groups is 1. The highest BCUT2D eigenvalue weighted by atomic mass is 32.2. The van der Waals surface area contributed by atoms with Crippen LogP contribution in [0.15, 0.2) is 23.2 Å². The number of nitrogens with one attached hydrogen (secondary N) is 1. The van der Waals surface area contributed by atoms with E-state index in [4.69, 9.17) is 11.0 Å². The first-order valence-corrected chi connectivity index (χ1v) is 10.7. The minimum absolute atomic E-state index is 0.0593. The summed E-state index contributed by atoms with van der Waals surface area (Å²) in [7, 11) is 0. The van der Waals surface area contributed by atoms with Gasteiger partial charge in [-0.15, -0.1) is 0 Å². The molecule has 3 N–H and O–H groups in total. The summed E-state index contributed by atoms with van der Waals surface area (Å²) in [6.45, 7) is 11.4. The van der Waals surface area contributed by atoms with Gasteiger partial charge in [0.15, 0.2) is 0 Å². The van der Waals surface area contributed by atoms with E-state index in [1.54, 1.807) is 0 Å². The third kappa shape index (κ3) is 5.75. The van der Waals surface area contributed by atoms with E-state index in [1.165, 1.54) is 28.3 Å². The Balaban J connectivity index is 1.95. The van der Waals surface area contributed by atoms with Crippen LogP contribution >= 0.6 is 11.8 Å². The largest absolute Gasteiger partial charge is 0.383 e. The average molecular weight is 422 g/mol. The number of aromatic nitrogens is 1. The molecule has 7 heteroatoms. The number of hydrogen-bond donors (Lipinski definition) is 2. The monoisotopic (exact) mass is 421 g/mol. The van der Waals surface area contributed by atoms with E-state index < -0.39 is 0 Å². The molecule has 156 valence electrons. The highest BCUT2D eigenvalue weighted by Crippen LogP contribution is 2.27. The maximum Gasteiger partial charge on any atom is 0.230 e. The van der Waals surface area contributed by atoms with E-state index in [1.807, 2.05) is 12.1 Å². The fraction of sp³-hybridized carbons (Fsp3) is 0.391. The van der Waals surface area contributed by atoms with E-state index in [-0.39, 0.29) is 34.0 Å². The lowest BCUT2D eigenvalue weighted by molar-refractivity contribution is -0.118. The Hall–Kier alpha value is -3.03. The first-order chi connectivity index (χ1) is 14.1. The van der Waals surface area contributed by atoms with Gasteiger partial charge in [-0.3, -0.25) is 4.79 Å². The van der Waals surface area contributed by atoms with Crippen LogP contribution in [0.3, 0.4) is 0 Å². The van der Waals surface area contributed by atoms with Gasteiger partial charge < -0.3 is 11.1 Å². The summed E-state index contributed by atoms with van der Waals surface area (Å²) in [5.41, 5.74) is 11.2. The molecule has 0 aliphatic rings. The molecule has 0 saturated heterocycles. The number of benzene rings is 1. The highest BCUT2D eigenvalue weighted by Gasteiger charge is 2.16. The molecule has 1 heterocycles. The fourth-order valence-electron chi connectivity index (χ4n) is 3.12. The number of carbonyl (C=O) groups is 1. The number of amides is 1. The number of anilines is 1. The van der Waals surface area contributed by atoms with Crippen LogP contribution in [0.25, 0.3) is 0 Å². The number of pyridine rings is 1. The molecule has 1 aromatic carbocycles. The second kappa shape index (κ2) is 9.65. The van der Waals surface area contributed by atoms with Gasteiger partial charge in [0.2, 0.25) is 5.91 Å². The summed E-state index contributed by atoms with van der Waals surface area (Å²) in [6, 6.07) is 9.74. The van der Waals surface area contributed by atoms with Crippen LogP contribution in [0.5, 0.6) is 0 Å². The second-order valence-corrected chi connectivity index (χ2v) is 9.19. The van der Waals surface area contributed by atoms with Gasteiger partial charge in [0.1, 0.15) is 23.0 Å². The Kier molecular flexibility index (Phi) is 7.48. The number of nitrogen functional groups attached to an aromatic ring is 1. The highest BCUT2D eigenvalue weighted by molar-refractivity contribution is 8.00. The van der Waals surface area contributed by atoms with Gasteiger partial charge in [-0.05, 0) is 54.0 Å². The van der Waals surface area contributed by atoms with E-state index in [0.717, 1.165) is 18.2 Å². The Morgan fingerprint density at radius 3 is 2.27 bits per heavy atom. The molecular formula is C23H27N5OS.